The lowest BCUT2D eigenvalue weighted by Gasteiger charge is -2.46. The minimum Gasteiger partial charge on any atom is -0.393 e. The lowest BCUT2D eigenvalue weighted by molar-refractivity contribution is 0.0264. The van der Waals surface area contributed by atoms with Gasteiger partial charge in [-0.1, -0.05) is 33.0 Å². The van der Waals surface area contributed by atoms with Gasteiger partial charge in [-0.25, -0.2) is 0 Å². The Labute approximate surface area is 80.1 Å². The Morgan fingerprint density at radius 1 is 1.58 bits per heavy atom. The van der Waals surface area contributed by atoms with Crippen LogP contribution in [0.15, 0.2) is 0 Å². The number of hydrogen-bond donors (Lipinski definition) is 1. The first-order valence-electron chi connectivity index (χ1n) is 4.42. The molecule has 0 bridgehead atoms. The Morgan fingerprint density at radius 3 is 2.42 bits per heavy atom. The first-order chi connectivity index (χ1) is 5.41. The van der Waals surface area contributed by atoms with Crippen LogP contribution in [0.25, 0.3) is 0 Å². The molecule has 0 aromatic rings. The number of nitrogens with two attached hydrogens (primary N) is 1. The highest BCUT2D eigenvalue weighted by Gasteiger charge is 2.34. The third-order valence-corrected chi connectivity index (χ3v) is 2.72. The molecule has 70 valence electrons. The Hall–Kier alpha value is -0.150. The summed E-state index contributed by atoms with van der Waals surface area (Å²) in [5.41, 5.74) is 6.05. The van der Waals surface area contributed by atoms with Crippen LogP contribution in [-0.2, 0) is 0 Å². The molecule has 2 N–H and O–H groups in total. The summed E-state index contributed by atoms with van der Waals surface area (Å²) in [4.78, 5) is 3.05. The highest BCUT2D eigenvalue weighted by molar-refractivity contribution is 7.80. The van der Waals surface area contributed by atoms with E-state index in [1.807, 2.05) is 0 Å². The van der Waals surface area contributed by atoms with Crippen LogP contribution in [0, 0.1) is 11.3 Å². The summed E-state index contributed by atoms with van der Waals surface area (Å²) in [7, 11) is 0. The molecule has 0 spiro atoms. The Bertz CT molecular complexity index is 181. The lowest BCUT2D eigenvalue weighted by atomic mass is 9.84. The molecule has 0 radical (unpaired) electrons. The second kappa shape index (κ2) is 3.30. The Morgan fingerprint density at radius 2 is 2.08 bits per heavy atom. The maximum Gasteiger partial charge on any atom is 0.0768 e. The van der Waals surface area contributed by atoms with Crippen molar-refractivity contribution >= 4 is 17.2 Å². The summed E-state index contributed by atoms with van der Waals surface area (Å²) in [5, 5.41) is 0. The molecule has 0 aliphatic carbocycles. The molecule has 0 aromatic heterocycles. The monoisotopic (exact) mass is 186 g/mol. The predicted molar refractivity (Wildman–Crippen MR) is 56.2 cm³/mol. The number of nitrogens with zero attached hydrogens (tertiary/aromatic N) is 1. The van der Waals surface area contributed by atoms with Gasteiger partial charge >= 0.3 is 0 Å². The van der Waals surface area contributed by atoms with E-state index in [2.05, 4.69) is 25.7 Å². The topological polar surface area (TPSA) is 29.3 Å². The molecule has 1 rings (SSSR count). The average molecular weight is 186 g/mol. The predicted octanol–water partition coefficient (Wildman–Crippen LogP) is 1.25. The van der Waals surface area contributed by atoms with Gasteiger partial charge in [-0.05, 0) is 5.41 Å². The highest BCUT2D eigenvalue weighted by Crippen LogP contribution is 2.28. The standard InChI is InChI=1S/C9H18N2S/c1-7(8(10)12)4-11-5-9(2,3)6-11/h7H,4-6H2,1-3H3,(H2,10,12). The zero-order valence-electron chi connectivity index (χ0n) is 8.13. The Balaban J connectivity index is 2.23. The summed E-state index contributed by atoms with van der Waals surface area (Å²) in [6, 6.07) is 0. The van der Waals surface area contributed by atoms with E-state index < -0.39 is 0 Å². The van der Waals surface area contributed by atoms with Gasteiger partial charge in [0.2, 0.25) is 0 Å². The van der Waals surface area contributed by atoms with Crippen LogP contribution in [0.1, 0.15) is 20.8 Å². The SMILES string of the molecule is CC(CN1CC(C)(C)C1)C(N)=S. The molecular formula is C9H18N2S. The van der Waals surface area contributed by atoms with Gasteiger partial charge < -0.3 is 10.6 Å². The van der Waals surface area contributed by atoms with Crippen molar-refractivity contribution < 1.29 is 0 Å². The molecule has 3 heteroatoms. The maximum absolute atomic E-state index is 5.54. The van der Waals surface area contributed by atoms with E-state index in [1.54, 1.807) is 0 Å². The number of thiocarbonyl (C=S) groups is 1. The van der Waals surface area contributed by atoms with E-state index in [0.717, 1.165) is 6.54 Å². The van der Waals surface area contributed by atoms with E-state index in [9.17, 15) is 0 Å². The summed E-state index contributed by atoms with van der Waals surface area (Å²) in [5.74, 6) is 0.357. The third-order valence-electron chi connectivity index (χ3n) is 2.32. The van der Waals surface area contributed by atoms with E-state index >= 15 is 0 Å². The average Bonchev–Trinajstić information content (AvgIpc) is 1.83. The molecule has 1 unspecified atom stereocenters. The molecular weight excluding hydrogens is 168 g/mol. The second-order valence-corrected chi connectivity index (χ2v) is 5.11. The molecule has 1 fully saturated rings. The third kappa shape index (κ3) is 2.42. The van der Waals surface area contributed by atoms with Crippen molar-refractivity contribution in [1.82, 2.24) is 4.90 Å². The maximum atomic E-state index is 5.54. The zero-order chi connectivity index (χ0) is 9.35. The summed E-state index contributed by atoms with van der Waals surface area (Å²) < 4.78 is 0. The summed E-state index contributed by atoms with van der Waals surface area (Å²) >= 11 is 4.92. The fourth-order valence-corrected chi connectivity index (χ4v) is 1.85. The molecule has 1 aliphatic heterocycles. The molecule has 0 aromatic carbocycles. The number of hydrogen-bond acceptors (Lipinski definition) is 2. The van der Waals surface area contributed by atoms with Crippen molar-refractivity contribution in [3.05, 3.63) is 0 Å². The van der Waals surface area contributed by atoms with Crippen molar-refractivity contribution in [3.63, 3.8) is 0 Å². The van der Waals surface area contributed by atoms with Crippen molar-refractivity contribution in [2.45, 2.75) is 20.8 Å². The van der Waals surface area contributed by atoms with Crippen LogP contribution in [0.4, 0.5) is 0 Å². The van der Waals surface area contributed by atoms with E-state index in [0.29, 0.717) is 16.3 Å². The zero-order valence-corrected chi connectivity index (χ0v) is 8.95. The van der Waals surface area contributed by atoms with Crippen molar-refractivity contribution in [2.24, 2.45) is 17.1 Å². The molecule has 1 heterocycles. The van der Waals surface area contributed by atoms with Gasteiger partial charge in [0.15, 0.2) is 0 Å². The Kier molecular flexibility index (Phi) is 2.74. The van der Waals surface area contributed by atoms with Crippen LogP contribution in [-0.4, -0.2) is 29.5 Å². The molecule has 0 saturated carbocycles. The molecule has 1 atom stereocenters. The number of rotatable bonds is 3. The molecule has 12 heavy (non-hydrogen) atoms. The van der Waals surface area contributed by atoms with Gasteiger partial charge in [0.05, 0.1) is 4.99 Å². The van der Waals surface area contributed by atoms with Crippen LogP contribution < -0.4 is 5.73 Å². The molecule has 0 amide bonds. The summed E-state index contributed by atoms with van der Waals surface area (Å²) in [6.07, 6.45) is 0. The van der Waals surface area contributed by atoms with Gasteiger partial charge in [-0.3, -0.25) is 0 Å². The largest absolute Gasteiger partial charge is 0.393 e. The van der Waals surface area contributed by atoms with Gasteiger partial charge in [0, 0.05) is 25.6 Å². The van der Waals surface area contributed by atoms with E-state index in [-0.39, 0.29) is 0 Å². The van der Waals surface area contributed by atoms with Crippen LogP contribution in [0.2, 0.25) is 0 Å². The fraction of sp³-hybridized carbons (Fsp3) is 0.889. The van der Waals surface area contributed by atoms with E-state index in [1.165, 1.54) is 13.1 Å². The minimum absolute atomic E-state index is 0.357. The lowest BCUT2D eigenvalue weighted by Crippen LogP contribution is -2.54. The van der Waals surface area contributed by atoms with Crippen molar-refractivity contribution in [3.8, 4) is 0 Å². The highest BCUT2D eigenvalue weighted by atomic mass is 32.1. The normalized spacial score (nSPS) is 24.6. The smallest absolute Gasteiger partial charge is 0.0768 e. The fourth-order valence-electron chi connectivity index (χ4n) is 1.77. The van der Waals surface area contributed by atoms with Gasteiger partial charge in [-0.2, -0.15) is 0 Å². The van der Waals surface area contributed by atoms with Gasteiger partial charge in [0.25, 0.3) is 0 Å². The summed E-state index contributed by atoms with van der Waals surface area (Å²) in [6.45, 7) is 10.1. The van der Waals surface area contributed by atoms with Crippen molar-refractivity contribution in [1.29, 1.82) is 0 Å². The molecule has 1 aliphatic rings. The quantitative estimate of drug-likeness (QED) is 0.673. The molecule has 1 saturated heterocycles. The second-order valence-electron chi connectivity index (χ2n) is 4.64. The number of likely N-dealkylation sites (tertiary alicyclic amines) is 1. The van der Waals surface area contributed by atoms with Gasteiger partial charge in [-0.15, -0.1) is 0 Å². The first-order valence-corrected chi connectivity index (χ1v) is 4.83. The molecule has 2 nitrogen and oxygen atoms in total. The van der Waals surface area contributed by atoms with Crippen molar-refractivity contribution in [2.75, 3.05) is 19.6 Å². The minimum atomic E-state index is 0.357. The first kappa shape index (κ1) is 9.93. The van der Waals surface area contributed by atoms with Crippen LogP contribution in [0.5, 0.6) is 0 Å². The van der Waals surface area contributed by atoms with Gasteiger partial charge in [0.1, 0.15) is 0 Å². The van der Waals surface area contributed by atoms with Crippen LogP contribution in [0.3, 0.4) is 0 Å². The van der Waals surface area contributed by atoms with E-state index in [4.69, 9.17) is 18.0 Å². The van der Waals surface area contributed by atoms with Crippen LogP contribution >= 0.6 is 12.2 Å².